The second-order valence-corrected chi connectivity index (χ2v) is 5.68. The second kappa shape index (κ2) is 7.98. The summed E-state index contributed by atoms with van der Waals surface area (Å²) in [6.07, 6.45) is 1.49. The van der Waals surface area contributed by atoms with E-state index < -0.39 is 18.0 Å². The van der Waals surface area contributed by atoms with E-state index in [1.54, 1.807) is 0 Å². The zero-order chi connectivity index (χ0) is 15.1. The highest BCUT2D eigenvalue weighted by Crippen LogP contribution is 2.31. The molecule has 0 saturated carbocycles. The molecule has 3 N–H and O–H groups in total. The van der Waals surface area contributed by atoms with Crippen molar-refractivity contribution in [3.05, 3.63) is 0 Å². The average Bonchev–Trinajstić information content (AvgIpc) is 2.86. The summed E-state index contributed by atoms with van der Waals surface area (Å²) in [5.41, 5.74) is 0. The average molecular weight is 303 g/mol. The Morgan fingerprint density at radius 3 is 2.55 bits per heavy atom. The highest BCUT2D eigenvalue weighted by Gasteiger charge is 2.40. The highest BCUT2D eigenvalue weighted by atomic mass is 32.2. The van der Waals surface area contributed by atoms with E-state index in [1.807, 2.05) is 13.8 Å². The molecular weight excluding hydrogens is 282 g/mol. The number of nitrogens with one attached hydrogen (secondary N) is 2. The molecule has 8 heteroatoms. The Labute approximate surface area is 122 Å². The van der Waals surface area contributed by atoms with E-state index in [0.29, 0.717) is 18.7 Å². The number of aliphatic carboxylic acids is 1. The van der Waals surface area contributed by atoms with Gasteiger partial charge in [-0.25, -0.2) is 9.59 Å². The van der Waals surface area contributed by atoms with Gasteiger partial charge in [0.1, 0.15) is 6.04 Å². The van der Waals surface area contributed by atoms with Gasteiger partial charge < -0.3 is 15.7 Å². The summed E-state index contributed by atoms with van der Waals surface area (Å²) >= 11 is 1.45. The number of carbonyl (C=O) groups is 3. The summed E-state index contributed by atoms with van der Waals surface area (Å²) in [6.45, 7) is 4.26. The van der Waals surface area contributed by atoms with Gasteiger partial charge in [-0.15, -0.1) is 11.8 Å². The Bertz CT molecular complexity index is 378. The Hall–Kier alpha value is -1.44. The van der Waals surface area contributed by atoms with Crippen molar-refractivity contribution in [2.24, 2.45) is 0 Å². The molecule has 1 fully saturated rings. The first kappa shape index (κ1) is 16.6. The molecule has 2 unspecified atom stereocenters. The maximum atomic E-state index is 12.1. The molecule has 1 saturated heterocycles. The van der Waals surface area contributed by atoms with Gasteiger partial charge >= 0.3 is 12.0 Å². The van der Waals surface area contributed by atoms with Gasteiger partial charge in [0.15, 0.2) is 0 Å². The lowest BCUT2D eigenvalue weighted by Crippen LogP contribution is -2.51. The van der Waals surface area contributed by atoms with Crippen LogP contribution in [0.4, 0.5) is 4.79 Å². The van der Waals surface area contributed by atoms with Gasteiger partial charge in [-0.2, -0.15) is 0 Å². The fourth-order valence-corrected chi connectivity index (χ4v) is 3.26. The van der Waals surface area contributed by atoms with Crippen molar-refractivity contribution in [2.75, 3.05) is 18.8 Å². The van der Waals surface area contributed by atoms with Gasteiger partial charge in [0.25, 0.3) is 0 Å². The lowest BCUT2D eigenvalue weighted by atomic mass is 10.3. The van der Waals surface area contributed by atoms with Crippen LogP contribution in [0.1, 0.15) is 26.7 Å². The number of carboxylic acid groups (broad SMARTS) is 1. The Balaban J connectivity index is 2.54. The molecule has 1 aliphatic rings. The topological polar surface area (TPSA) is 98.7 Å². The predicted molar refractivity (Wildman–Crippen MR) is 76.5 cm³/mol. The molecule has 1 rings (SSSR count). The van der Waals surface area contributed by atoms with E-state index in [9.17, 15) is 14.4 Å². The molecule has 0 aliphatic carbocycles. The third-order valence-corrected chi connectivity index (χ3v) is 4.39. The molecule has 2 atom stereocenters. The summed E-state index contributed by atoms with van der Waals surface area (Å²) in [7, 11) is 0. The second-order valence-electron chi connectivity index (χ2n) is 4.47. The van der Waals surface area contributed by atoms with Crippen LogP contribution in [-0.2, 0) is 9.59 Å². The molecule has 0 aromatic carbocycles. The standard InChI is InChI=1S/C12H21N3O4S/c1-3-5-13-9(16)6-14-12(19)15-8(11(17)18)7-20-10(15)4-2/h8,10H,3-7H2,1-2H3,(H,13,16)(H,14,19)(H,17,18). The summed E-state index contributed by atoms with van der Waals surface area (Å²) < 4.78 is 0. The van der Waals surface area contributed by atoms with E-state index >= 15 is 0 Å². The molecule has 1 aliphatic heterocycles. The maximum absolute atomic E-state index is 12.1. The van der Waals surface area contributed by atoms with Gasteiger partial charge in [0.2, 0.25) is 5.91 Å². The SMILES string of the molecule is CCCNC(=O)CNC(=O)N1C(CC)SCC1C(=O)O. The number of rotatable bonds is 6. The monoisotopic (exact) mass is 303 g/mol. The molecule has 3 amide bonds. The number of carboxylic acids is 1. The first-order chi connectivity index (χ1) is 9.51. The number of nitrogens with zero attached hydrogens (tertiary/aromatic N) is 1. The molecule has 0 radical (unpaired) electrons. The number of carbonyl (C=O) groups excluding carboxylic acids is 2. The van der Waals surface area contributed by atoms with Crippen LogP contribution in [0.2, 0.25) is 0 Å². The molecule has 20 heavy (non-hydrogen) atoms. The Morgan fingerprint density at radius 1 is 1.30 bits per heavy atom. The molecule has 0 aromatic heterocycles. The molecule has 0 spiro atoms. The molecule has 7 nitrogen and oxygen atoms in total. The smallest absolute Gasteiger partial charge is 0.327 e. The van der Waals surface area contributed by atoms with Crippen molar-refractivity contribution in [3.63, 3.8) is 0 Å². The van der Waals surface area contributed by atoms with Crippen LogP contribution in [0.5, 0.6) is 0 Å². The van der Waals surface area contributed by atoms with Crippen LogP contribution in [0.15, 0.2) is 0 Å². The quantitative estimate of drug-likeness (QED) is 0.662. The normalized spacial score (nSPS) is 21.6. The number of hydrogen-bond donors (Lipinski definition) is 3. The first-order valence-corrected chi connectivity index (χ1v) is 7.73. The lowest BCUT2D eigenvalue weighted by Gasteiger charge is -2.26. The minimum atomic E-state index is -1.01. The van der Waals surface area contributed by atoms with Gasteiger partial charge in [-0.05, 0) is 12.8 Å². The first-order valence-electron chi connectivity index (χ1n) is 6.68. The van der Waals surface area contributed by atoms with Gasteiger partial charge in [0, 0.05) is 12.3 Å². The molecular formula is C12H21N3O4S. The van der Waals surface area contributed by atoms with Crippen LogP contribution in [0, 0.1) is 0 Å². The van der Waals surface area contributed by atoms with Crippen LogP contribution in [-0.4, -0.2) is 58.2 Å². The van der Waals surface area contributed by atoms with Crippen molar-refractivity contribution in [1.29, 1.82) is 0 Å². The third kappa shape index (κ3) is 4.29. The predicted octanol–water partition coefficient (Wildman–Crippen LogP) is 0.460. The largest absolute Gasteiger partial charge is 0.480 e. The Kier molecular flexibility index (Phi) is 6.63. The van der Waals surface area contributed by atoms with Crippen molar-refractivity contribution in [3.8, 4) is 0 Å². The highest BCUT2D eigenvalue weighted by molar-refractivity contribution is 8.00. The molecule has 1 heterocycles. The summed E-state index contributed by atoms with van der Waals surface area (Å²) in [6, 6.07) is -1.33. The third-order valence-electron chi connectivity index (χ3n) is 2.93. The van der Waals surface area contributed by atoms with Gasteiger partial charge in [-0.3, -0.25) is 9.69 Å². The number of hydrogen-bond acceptors (Lipinski definition) is 4. The van der Waals surface area contributed by atoms with Crippen LogP contribution in [0.25, 0.3) is 0 Å². The van der Waals surface area contributed by atoms with Crippen molar-refractivity contribution in [2.45, 2.75) is 38.1 Å². The minimum absolute atomic E-state index is 0.136. The van der Waals surface area contributed by atoms with Crippen molar-refractivity contribution in [1.82, 2.24) is 15.5 Å². The van der Waals surface area contributed by atoms with Gasteiger partial charge in [0.05, 0.1) is 11.9 Å². The fourth-order valence-electron chi connectivity index (χ4n) is 1.91. The summed E-state index contributed by atoms with van der Waals surface area (Å²) in [5.74, 6) is -0.908. The van der Waals surface area contributed by atoms with Crippen LogP contribution >= 0.6 is 11.8 Å². The van der Waals surface area contributed by atoms with E-state index in [1.165, 1.54) is 16.7 Å². The fraction of sp³-hybridized carbons (Fsp3) is 0.750. The van der Waals surface area contributed by atoms with Crippen molar-refractivity contribution >= 4 is 29.7 Å². The van der Waals surface area contributed by atoms with Crippen LogP contribution in [0.3, 0.4) is 0 Å². The van der Waals surface area contributed by atoms with E-state index in [4.69, 9.17) is 5.11 Å². The number of amides is 3. The van der Waals surface area contributed by atoms with E-state index in [2.05, 4.69) is 10.6 Å². The Morgan fingerprint density at radius 2 is 2.00 bits per heavy atom. The molecule has 0 aromatic rings. The van der Waals surface area contributed by atoms with Gasteiger partial charge in [-0.1, -0.05) is 13.8 Å². The lowest BCUT2D eigenvalue weighted by molar-refractivity contribution is -0.141. The number of urea groups is 1. The summed E-state index contributed by atoms with van der Waals surface area (Å²) in [4.78, 5) is 36.0. The van der Waals surface area contributed by atoms with E-state index in [0.717, 1.165) is 6.42 Å². The maximum Gasteiger partial charge on any atom is 0.327 e. The van der Waals surface area contributed by atoms with Crippen LogP contribution < -0.4 is 10.6 Å². The minimum Gasteiger partial charge on any atom is -0.480 e. The van der Waals surface area contributed by atoms with E-state index in [-0.39, 0.29) is 17.8 Å². The summed E-state index contributed by atoms with van der Waals surface area (Å²) in [5, 5.41) is 14.1. The zero-order valence-corrected chi connectivity index (χ0v) is 12.5. The molecule has 114 valence electrons. The zero-order valence-electron chi connectivity index (χ0n) is 11.7. The number of thioether (sulfide) groups is 1. The molecule has 0 bridgehead atoms. The van der Waals surface area contributed by atoms with Crippen molar-refractivity contribution < 1.29 is 19.5 Å².